The van der Waals surface area contributed by atoms with Gasteiger partial charge < -0.3 is 18.9 Å². The van der Waals surface area contributed by atoms with Crippen LogP contribution in [0.3, 0.4) is 0 Å². The van der Waals surface area contributed by atoms with E-state index in [0.29, 0.717) is 23.0 Å². The van der Waals surface area contributed by atoms with E-state index in [1.54, 1.807) is 48.5 Å². The summed E-state index contributed by atoms with van der Waals surface area (Å²) in [6, 6.07) is 21.0. The zero-order valence-corrected chi connectivity index (χ0v) is 16.8. The lowest BCUT2D eigenvalue weighted by molar-refractivity contribution is -0.137. The number of hydrogen-bond donors (Lipinski definition) is 0. The van der Waals surface area contributed by atoms with Crippen molar-refractivity contribution < 1.29 is 28.5 Å². The fraction of sp³-hybridized carbons (Fsp3) is 0.167. The number of hydrogen-bond acceptors (Lipinski definition) is 6. The zero-order chi connectivity index (χ0) is 21.3. The van der Waals surface area contributed by atoms with Crippen LogP contribution in [0.25, 0.3) is 0 Å². The number of carbonyl (C=O) groups excluding carboxylic acids is 2. The molecule has 0 radical (unpaired) electrons. The molecule has 0 saturated carbocycles. The Hall–Kier alpha value is -3.80. The van der Waals surface area contributed by atoms with Crippen LogP contribution in [-0.2, 0) is 9.59 Å². The van der Waals surface area contributed by atoms with Gasteiger partial charge >= 0.3 is 11.9 Å². The van der Waals surface area contributed by atoms with Gasteiger partial charge in [0.25, 0.3) is 0 Å². The third kappa shape index (κ3) is 6.67. The molecule has 0 heterocycles. The smallest absolute Gasteiger partial charge is 0.349 e. The summed E-state index contributed by atoms with van der Waals surface area (Å²) in [5.41, 5.74) is 2.00. The van der Waals surface area contributed by atoms with Crippen molar-refractivity contribution in [2.75, 3.05) is 13.2 Å². The molecule has 0 spiro atoms. The summed E-state index contributed by atoms with van der Waals surface area (Å²) in [4.78, 5) is 23.8. The second-order valence-corrected chi connectivity index (χ2v) is 6.63. The summed E-state index contributed by atoms with van der Waals surface area (Å²) in [6.07, 6.45) is 0. The monoisotopic (exact) mass is 406 g/mol. The Labute approximate surface area is 175 Å². The van der Waals surface area contributed by atoms with E-state index in [1.807, 2.05) is 38.1 Å². The largest absolute Gasteiger partial charge is 0.482 e. The Morgan fingerprint density at radius 3 is 1.37 bits per heavy atom. The number of esters is 2. The molecular weight excluding hydrogens is 384 g/mol. The van der Waals surface area contributed by atoms with Crippen molar-refractivity contribution >= 4 is 11.9 Å². The minimum atomic E-state index is -0.500. The molecular formula is C24H22O6. The van der Waals surface area contributed by atoms with Gasteiger partial charge in [0.2, 0.25) is 0 Å². The van der Waals surface area contributed by atoms with Crippen LogP contribution in [0.4, 0.5) is 0 Å². The third-order valence-corrected chi connectivity index (χ3v) is 3.98. The Bertz CT molecular complexity index is 928. The van der Waals surface area contributed by atoms with Crippen LogP contribution >= 0.6 is 0 Å². The van der Waals surface area contributed by atoms with Crippen LogP contribution in [0.2, 0.25) is 0 Å². The molecule has 6 nitrogen and oxygen atoms in total. The van der Waals surface area contributed by atoms with Crippen LogP contribution in [0, 0.1) is 13.8 Å². The summed E-state index contributed by atoms with van der Waals surface area (Å²) in [5, 5.41) is 0. The molecule has 154 valence electrons. The number of aryl methyl sites for hydroxylation is 2. The molecule has 0 aliphatic heterocycles. The van der Waals surface area contributed by atoms with Crippen molar-refractivity contribution in [3.8, 4) is 23.0 Å². The van der Waals surface area contributed by atoms with Crippen molar-refractivity contribution in [2.45, 2.75) is 13.8 Å². The lowest BCUT2D eigenvalue weighted by Gasteiger charge is -2.09. The summed E-state index contributed by atoms with van der Waals surface area (Å²) in [7, 11) is 0. The molecule has 0 fully saturated rings. The third-order valence-electron chi connectivity index (χ3n) is 3.98. The molecule has 30 heavy (non-hydrogen) atoms. The molecule has 3 aromatic carbocycles. The summed E-state index contributed by atoms with van der Waals surface area (Å²) < 4.78 is 21.3. The summed E-state index contributed by atoms with van der Waals surface area (Å²) in [5.74, 6) is 0.909. The maximum Gasteiger partial charge on any atom is 0.349 e. The van der Waals surface area contributed by atoms with Gasteiger partial charge in [0.05, 0.1) is 0 Å². The van der Waals surface area contributed by atoms with E-state index < -0.39 is 11.9 Å². The molecule has 6 heteroatoms. The van der Waals surface area contributed by atoms with Crippen LogP contribution in [-0.4, -0.2) is 25.2 Å². The maximum absolute atomic E-state index is 11.9. The molecule has 0 aliphatic carbocycles. The average Bonchev–Trinajstić information content (AvgIpc) is 2.71. The van der Waals surface area contributed by atoms with Gasteiger partial charge in [0.15, 0.2) is 13.2 Å². The number of rotatable bonds is 8. The van der Waals surface area contributed by atoms with Crippen molar-refractivity contribution in [1.29, 1.82) is 0 Å². The Kier molecular flexibility index (Phi) is 7.05. The minimum Gasteiger partial charge on any atom is -0.482 e. The van der Waals surface area contributed by atoms with Gasteiger partial charge in [-0.15, -0.1) is 0 Å². The molecule has 0 bridgehead atoms. The first-order chi connectivity index (χ1) is 14.5. The Morgan fingerprint density at radius 2 is 1.00 bits per heavy atom. The Morgan fingerprint density at radius 1 is 0.600 bits per heavy atom. The van der Waals surface area contributed by atoms with Crippen LogP contribution in [0.5, 0.6) is 23.0 Å². The van der Waals surface area contributed by atoms with E-state index in [4.69, 9.17) is 18.9 Å². The summed E-state index contributed by atoms with van der Waals surface area (Å²) >= 11 is 0. The summed E-state index contributed by atoms with van der Waals surface area (Å²) in [6.45, 7) is 3.38. The van der Waals surface area contributed by atoms with Crippen LogP contribution in [0.1, 0.15) is 11.1 Å². The molecule has 0 N–H and O–H groups in total. The van der Waals surface area contributed by atoms with Gasteiger partial charge in [0.1, 0.15) is 23.0 Å². The van der Waals surface area contributed by atoms with E-state index in [9.17, 15) is 9.59 Å². The highest BCUT2D eigenvalue weighted by Crippen LogP contribution is 2.19. The van der Waals surface area contributed by atoms with E-state index in [1.165, 1.54) is 0 Å². The SMILES string of the molecule is Cc1cccc(OC(=O)COc2ccc(OCC(=O)Oc3cccc(C)c3)cc2)c1. The average molecular weight is 406 g/mol. The number of benzene rings is 3. The lowest BCUT2D eigenvalue weighted by atomic mass is 10.2. The fourth-order valence-corrected chi connectivity index (χ4v) is 2.60. The first-order valence-corrected chi connectivity index (χ1v) is 9.38. The highest BCUT2D eigenvalue weighted by Gasteiger charge is 2.08. The van der Waals surface area contributed by atoms with E-state index in [2.05, 4.69) is 0 Å². The van der Waals surface area contributed by atoms with Crippen LogP contribution < -0.4 is 18.9 Å². The van der Waals surface area contributed by atoms with Crippen molar-refractivity contribution in [1.82, 2.24) is 0 Å². The topological polar surface area (TPSA) is 71.1 Å². The minimum absolute atomic E-state index is 0.225. The molecule has 0 amide bonds. The van der Waals surface area contributed by atoms with Crippen molar-refractivity contribution in [3.05, 3.63) is 83.9 Å². The van der Waals surface area contributed by atoms with Crippen LogP contribution in [0.15, 0.2) is 72.8 Å². The molecule has 0 aliphatic rings. The number of carbonyl (C=O) groups is 2. The maximum atomic E-state index is 11.9. The second-order valence-electron chi connectivity index (χ2n) is 6.63. The predicted molar refractivity (Wildman–Crippen MR) is 111 cm³/mol. The highest BCUT2D eigenvalue weighted by atomic mass is 16.6. The molecule has 0 unspecified atom stereocenters. The first-order valence-electron chi connectivity index (χ1n) is 9.38. The molecule has 3 aromatic rings. The molecule has 0 atom stereocenters. The van der Waals surface area contributed by atoms with E-state index >= 15 is 0 Å². The van der Waals surface area contributed by atoms with E-state index in [0.717, 1.165) is 11.1 Å². The normalized spacial score (nSPS) is 10.2. The van der Waals surface area contributed by atoms with Gasteiger partial charge in [0, 0.05) is 0 Å². The zero-order valence-electron chi connectivity index (χ0n) is 16.8. The first kappa shape index (κ1) is 20.9. The van der Waals surface area contributed by atoms with Gasteiger partial charge in [-0.1, -0.05) is 24.3 Å². The van der Waals surface area contributed by atoms with Gasteiger partial charge in [-0.25, -0.2) is 9.59 Å². The van der Waals surface area contributed by atoms with Crippen molar-refractivity contribution in [2.24, 2.45) is 0 Å². The molecule has 3 rings (SSSR count). The second kappa shape index (κ2) is 10.1. The molecule has 0 saturated heterocycles. The predicted octanol–water partition coefficient (Wildman–Crippen LogP) is 4.27. The van der Waals surface area contributed by atoms with E-state index in [-0.39, 0.29) is 13.2 Å². The number of ether oxygens (including phenoxy) is 4. The quantitative estimate of drug-likeness (QED) is 0.411. The van der Waals surface area contributed by atoms with Crippen molar-refractivity contribution in [3.63, 3.8) is 0 Å². The highest BCUT2D eigenvalue weighted by molar-refractivity contribution is 5.74. The fourth-order valence-electron chi connectivity index (χ4n) is 2.60. The van der Waals surface area contributed by atoms with Gasteiger partial charge in [-0.3, -0.25) is 0 Å². The standard InChI is InChI=1S/C24H22O6/c1-17-5-3-7-21(13-17)29-23(25)15-27-19-9-11-20(12-10-19)28-16-24(26)30-22-8-4-6-18(2)14-22/h3-14H,15-16H2,1-2H3. The van der Waals surface area contributed by atoms with Gasteiger partial charge in [-0.2, -0.15) is 0 Å². The van der Waals surface area contributed by atoms with Gasteiger partial charge in [-0.05, 0) is 73.5 Å². The lowest BCUT2D eigenvalue weighted by Crippen LogP contribution is -2.18. The Balaban J connectivity index is 1.42. The molecule has 0 aromatic heterocycles.